The van der Waals surface area contributed by atoms with E-state index in [1.54, 1.807) is 0 Å². The van der Waals surface area contributed by atoms with Crippen molar-refractivity contribution in [2.75, 3.05) is 0 Å². The van der Waals surface area contributed by atoms with Crippen LogP contribution in [0.5, 0.6) is 0 Å². The topological polar surface area (TPSA) is 79.3 Å². The first-order valence-corrected chi connectivity index (χ1v) is 7.82. The average Bonchev–Trinajstić information content (AvgIpc) is 2.97. The Morgan fingerprint density at radius 1 is 1.27 bits per heavy atom. The van der Waals surface area contributed by atoms with Gasteiger partial charge in [0, 0.05) is 12.3 Å². The van der Waals surface area contributed by atoms with Gasteiger partial charge >= 0.3 is 5.97 Å². The molecule has 6 heteroatoms. The lowest BCUT2D eigenvalue weighted by Crippen LogP contribution is -2.42. The van der Waals surface area contributed by atoms with Crippen molar-refractivity contribution >= 4 is 23.2 Å². The maximum absolute atomic E-state index is 12.2. The zero-order valence-corrected chi connectivity index (χ0v) is 13.3. The fourth-order valence-corrected chi connectivity index (χ4v) is 2.76. The molecular weight excluding hydrogens is 300 g/mol. The molecule has 22 heavy (non-hydrogen) atoms. The average molecular weight is 318 g/mol. The number of nitrogens with zero attached hydrogens (tertiary/aromatic N) is 1. The van der Waals surface area contributed by atoms with Crippen molar-refractivity contribution in [3.05, 3.63) is 52.0 Å². The lowest BCUT2D eigenvalue weighted by molar-refractivity contribution is -0.139. The first-order valence-electron chi connectivity index (χ1n) is 7.00. The molecule has 2 rings (SSSR count). The summed E-state index contributed by atoms with van der Waals surface area (Å²) >= 11 is 1.29. The van der Waals surface area contributed by atoms with Gasteiger partial charge in [-0.1, -0.05) is 44.2 Å². The molecule has 2 N–H and O–H groups in total. The Hall–Kier alpha value is -2.21. The van der Waals surface area contributed by atoms with Crippen molar-refractivity contribution in [3.63, 3.8) is 0 Å². The van der Waals surface area contributed by atoms with Crippen molar-refractivity contribution in [3.8, 4) is 0 Å². The number of thiazole rings is 1. The minimum atomic E-state index is -1.05. The van der Waals surface area contributed by atoms with Crippen LogP contribution in [0.25, 0.3) is 0 Å². The summed E-state index contributed by atoms with van der Waals surface area (Å²) in [6, 6.07) is 8.27. The molecule has 1 unspecified atom stereocenters. The molecule has 0 bridgehead atoms. The highest BCUT2D eigenvalue weighted by atomic mass is 32.1. The van der Waals surface area contributed by atoms with Crippen LogP contribution in [0.1, 0.15) is 40.0 Å². The molecule has 0 spiro atoms. The Morgan fingerprint density at radius 3 is 2.50 bits per heavy atom. The van der Waals surface area contributed by atoms with E-state index < -0.39 is 17.9 Å². The van der Waals surface area contributed by atoms with Gasteiger partial charge in [0.2, 0.25) is 0 Å². The summed E-state index contributed by atoms with van der Waals surface area (Å²) in [5, 5.41) is 12.7. The van der Waals surface area contributed by atoms with E-state index >= 15 is 0 Å². The summed E-state index contributed by atoms with van der Waals surface area (Å²) in [5.41, 5.74) is 0.863. The maximum Gasteiger partial charge on any atom is 0.326 e. The summed E-state index contributed by atoms with van der Waals surface area (Å²) in [6.07, 6.45) is 1.74. The Bertz CT molecular complexity index is 652. The number of carbonyl (C=O) groups excluding carboxylic acids is 1. The predicted molar refractivity (Wildman–Crippen MR) is 85.2 cm³/mol. The van der Waals surface area contributed by atoms with Gasteiger partial charge in [-0.05, 0) is 5.56 Å². The molecule has 0 saturated carbocycles. The maximum atomic E-state index is 12.2. The van der Waals surface area contributed by atoms with Crippen LogP contribution in [0.4, 0.5) is 0 Å². The molecule has 5 nitrogen and oxygen atoms in total. The number of amides is 1. The molecule has 1 heterocycles. The van der Waals surface area contributed by atoms with E-state index in [1.807, 2.05) is 44.2 Å². The number of rotatable bonds is 6. The molecule has 0 saturated heterocycles. The van der Waals surface area contributed by atoms with Crippen LogP contribution < -0.4 is 5.32 Å². The summed E-state index contributed by atoms with van der Waals surface area (Å²) in [4.78, 5) is 28.2. The highest BCUT2D eigenvalue weighted by Crippen LogP contribution is 2.21. The molecule has 0 radical (unpaired) electrons. The second-order valence-electron chi connectivity index (χ2n) is 5.27. The van der Waals surface area contributed by atoms with E-state index in [0.717, 1.165) is 10.6 Å². The highest BCUT2D eigenvalue weighted by Gasteiger charge is 2.22. The van der Waals surface area contributed by atoms with Crippen LogP contribution >= 0.6 is 11.3 Å². The Kier molecular flexibility index (Phi) is 5.27. The number of hydrogen-bond acceptors (Lipinski definition) is 4. The Labute approximate surface area is 133 Å². The molecule has 1 aromatic heterocycles. The molecule has 2 aromatic rings. The monoisotopic (exact) mass is 318 g/mol. The molecular formula is C16H18N2O3S. The largest absolute Gasteiger partial charge is 0.480 e. The normalized spacial score (nSPS) is 12.1. The van der Waals surface area contributed by atoms with Crippen molar-refractivity contribution in [2.24, 2.45) is 0 Å². The molecule has 0 aliphatic rings. The molecule has 1 amide bonds. The third-order valence-electron chi connectivity index (χ3n) is 3.13. The quantitative estimate of drug-likeness (QED) is 0.858. The number of nitrogens with one attached hydrogen (secondary N) is 1. The Morgan fingerprint density at radius 2 is 1.95 bits per heavy atom. The third kappa shape index (κ3) is 4.14. The van der Waals surface area contributed by atoms with Crippen molar-refractivity contribution in [1.82, 2.24) is 10.3 Å². The minimum Gasteiger partial charge on any atom is -0.480 e. The van der Waals surface area contributed by atoms with E-state index in [9.17, 15) is 14.7 Å². The molecule has 116 valence electrons. The molecule has 1 aromatic carbocycles. The van der Waals surface area contributed by atoms with Gasteiger partial charge in [-0.3, -0.25) is 4.79 Å². The van der Waals surface area contributed by atoms with Crippen LogP contribution in [0.3, 0.4) is 0 Å². The summed E-state index contributed by atoms with van der Waals surface area (Å²) < 4.78 is 0. The van der Waals surface area contributed by atoms with E-state index in [4.69, 9.17) is 0 Å². The fraction of sp³-hybridized carbons (Fsp3) is 0.312. The standard InChI is InChI=1S/C16H18N2O3S/c1-10(2)15-17-9-13(22-15)14(19)18-12(16(20)21)8-11-6-4-3-5-7-11/h3-7,9-10,12H,8H2,1-2H3,(H,18,19)(H,20,21). The molecule has 0 fully saturated rings. The minimum absolute atomic E-state index is 0.242. The Balaban J connectivity index is 2.07. The van der Waals surface area contributed by atoms with Gasteiger partial charge in [-0.15, -0.1) is 11.3 Å². The van der Waals surface area contributed by atoms with E-state index in [2.05, 4.69) is 10.3 Å². The van der Waals surface area contributed by atoms with Crippen molar-refractivity contribution in [2.45, 2.75) is 32.2 Å². The molecule has 1 atom stereocenters. The lowest BCUT2D eigenvalue weighted by atomic mass is 10.1. The van der Waals surface area contributed by atoms with Gasteiger partial charge in [0.25, 0.3) is 5.91 Å². The smallest absolute Gasteiger partial charge is 0.326 e. The summed E-state index contributed by atoms with van der Waals surface area (Å²) in [6.45, 7) is 3.99. The zero-order chi connectivity index (χ0) is 16.1. The van der Waals surface area contributed by atoms with Crippen LogP contribution in [-0.4, -0.2) is 28.0 Å². The first kappa shape index (κ1) is 16.2. The number of carboxylic acid groups (broad SMARTS) is 1. The third-order valence-corrected chi connectivity index (χ3v) is 4.42. The summed E-state index contributed by atoms with van der Waals surface area (Å²) in [5.74, 6) is -1.20. The van der Waals surface area contributed by atoms with Gasteiger partial charge < -0.3 is 10.4 Å². The molecule has 0 aliphatic carbocycles. The van der Waals surface area contributed by atoms with Gasteiger partial charge in [0.15, 0.2) is 0 Å². The second-order valence-corrected chi connectivity index (χ2v) is 6.33. The van der Waals surface area contributed by atoms with Crippen LogP contribution in [0, 0.1) is 0 Å². The zero-order valence-electron chi connectivity index (χ0n) is 12.4. The van der Waals surface area contributed by atoms with Crippen molar-refractivity contribution < 1.29 is 14.7 Å². The fourth-order valence-electron chi connectivity index (χ4n) is 1.94. The van der Waals surface area contributed by atoms with E-state index in [0.29, 0.717) is 4.88 Å². The summed E-state index contributed by atoms with van der Waals surface area (Å²) in [7, 11) is 0. The number of carboxylic acids is 1. The second kappa shape index (κ2) is 7.17. The number of carbonyl (C=O) groups is 2. The van der Waals surface area contributed by atoms with Gasteiger partial charge in [0.1, 0.15) is 10.9 Å². The molecule has 0 aliphatic heterocycles. The van der Waals surface area contributed by atoms with Gasteiger partial charge in [0.05, 0.1) is 11.2 Å². The number of benzene rings is 1. The first-order chi connectivity index (χ1) is 10.5. The van der Waals surface area contributed by atoms with Crippen molar-refractivity contribution in [1.29, 1.82) is 0 Å². The van der Waals surface area contributed by atoms with Gasteiger partial charge in [-0.25, -0.2) is 9.78 Å². The van der Waals surface area contributed by atoms with Crippen LogP contribution in [-0.2, 0) is 11.2 Å². The number of aliphatic carboxylic acids is 1. The lowest BCUT2D eigenvalue weighted by Gasteiger charge is -2.13. The van der Waals surface area contributed by atoms with Crippen LogP contribution in [0.15, 0.2) is 36.5 Å². The SMILES string of the molecule is CC(C)c1ncc(C(=O)NC(Cc2ccccc2)C(=O)O)s1. The van der Waals surface area contributed by atoms with Crippen LogP contribution in [0.2, 0.25) is 0 Å². The highest BCUT2D eigenvalue weighted by molar-refractivity contribution is 7.13. The van der Waals surface area contributed by atoms with E-state index in [1.165, 1.54) is 17.5 Å². The number of aromatic nitrogens is 1. The predicted octanol–water partition coefficient (Wildman–Crippen LogP) is 2.69. The number of hydrogen-bond donors (Lipinski definition) is 2. The van der Waals surface area contributed by atoms with Gasteiger partial charge in [-0.2, -0.15) is 0 Å². The van der Waals surface area contributed by atoms with E-state index in [-0.39, 0.29) is 12.3 Å².